The van der Waals surface area contributed by atoms with E-state index in [1.54, 1.807) is 18.2 Å². The highest BCUT2D eigenvalue weighted by Gasteiger charge is 2.42. The molecule has 1 atom stereocenters. The summed E-state index contributed by atoms with van der Waals surface area (Å²) in [4.78, 5) is 34.2. The second kappa shape index (κ2) is 8.82. The second-order valence-corrected chi connectivity index (χ2v) is 11.3. The van der Waals surface area contributed by atoms with Gasteiger partial charge in [0.25, 0.3) is 5.56 Å². The molecule has 0 unspecified atom stereocenters. The van der Waals surface area contributed by atoms with Gasteiger partial charge in [-0.15, -0.1) is 0 Å². The van der Waals surface area contributed by atoms with Crippen LogP contribution in [0.1, 0.15) is 49.3 Å². The van der Waals surface area contributed by atoms with Crippen LogP contribution in [0.5, 0.6) is 0 Å². The maximum absolute atomic E-state index is 14.1. The van der Waals surface area contributed by atoms with Crippen molar-refractivity contribution in [3.63, 3.8) is 0 Å². The topological polar surface area (TPSA) is 74.8 Å². The molecule has 2 N–H and O–H groups in total. The lowest BCUT2D eigenvalue weighted by molar-refractivity contribution is -0.118. The van der Waals surface area contributed by atoms with E-state index in [4.69, 9.17) is 4.98 Å². The third-order valence-corrected chi connectivity index (χ3v) is 7.62. The number of hydrogen-bond acceptors (Lipinski definition) is 5. The number of hydrogen-bond donors (Lipinski definition) is 2. The number of carbonyl (C=O) groups excluding carboxylic acids is 1. The van der Waals surface area contributed by atoms with Gasteiger partial charge in [0.05, 0.1) is 5.56 Å². The average Bonchev–Trinajstić information content (AvgIpc) is 2.76. The molecule has 5 nitrogen and oxygen atoms in total. The van der Waals surface area contributed by atoms with Gasteiger partial charge < -0.3 is 10.3 Å². The van der Waals surface area contributed by atoms with Crippen LogP contribution in [0.3, 0.4) is 0 Å². The van der Waals surface area contributed by atoms with Crippen LogP contribution >= 0.6 is 27.7 Å². The van der Waals surface area contributed by atoms with Crippen molar-refractivity contribution in [3.8, 4) is 0 Å². The summed E-state index contributed by atoms with van der Waals surface area (Å²) in [6.07, 6.45) is 1.11. The quantitative estimate of drug-likeness (QED) is 0.306. The lowest BCUT2D eigenvalue weighted by atomic mass is 9.69. The summed E-state index contributed by atoms with van der Waals surface area (Å²) in [5.41, 5.74) is 2.80. The first-order chi connectivity index (χ1) is 16.2. The Morgan fingerprint density at radius 1 is 1.15 bits per heavy atom. The van der Waals surface area contributed by atoms with Crippen molar-refractivity contribution >= 4 is 39.3 Å². The van der Waals surface area contributed by atoms with Gasteiger partial charge in [0.1, 0.15) is 11.6 Å². The first-order valence-electron chi connectivity index (χ1n) is 11.0. The fourth-order valence-electron chi connectivity index (χ4n) is 4.74. The van der Waals surface area contributed by atoms with Gasteiger partial charge in [0, 0.05) is 33.8 Å². The molecule has 174 valence electrons. The van der Waals surface area contributed by atoms with Gasteiger partial charge in [0.2, 0.25) is 0 Å². The Hall–Kier alpha value is -2.71. The maximum Gasteiger partial charge on any atom is 0.257 e. The first kappa shape index (κ1) is 23.1. The molecule has 8 heteroatoms. The number of thioether (sulfide) groups is 1. The van der Waals surface area contributed by atoms with Gasteiger partial charge >= 0.3 is 0 Å². The van der Waals surface area contributed by atoms with E-state index in [1.165, 1.54) is 17.8 Å². The number of nitrogens with zero attached hydrogens (tertiary/aromatic N) is 1. The Labute approximate surface area is 209 Å². The number of benzene rings is 2. The number of allylic oxidation sites excluding steroid dienone is 2. The molecule has 34 heavy (non-hydrogen) atoms. The van der Waals surface area contributed by atoms with E-state index < -0.39 is 5.92 Å². The number of aromatic amines is 1. The van der Waals surface area contributed by atoms with Gasteiger partial charge in [-0.25, -0.2) is 9.37 Å². The summed E-state index contributed by atoms with van der Waals surface area (Å²) < 4.78 is 14.9. The van der Waals surface area contributed by atoms with Crippen molar-refractivity contribution in [2.45, 2.75) is 43.5 Å². The number of H-pyrrole nitrogens is 1. The summed E-state index contributed by atoms with van der Waals surface area (Å²) in [5, 5.41) is 3.72. The fraction of sp³-hybridized carbons (Fsp3) is 0.269. The largest absolute Gasteiger partial charge is 0.343 e. The third-order valence-electron chi connectivity index (χ3n) is 6.20. The highest BCUT2D eigenvalue weighted by atomic mass is 79.9. The maximum atomic E-state index is 14.1. The van der Waals surface area contributed by atoms with Gasteiger partial charge in [-0.1, -0.05) is 71.9 Å². The Balaban J connectivity index is 1.59. The smallest absolute Gasteiger partial charge is 0.257 e. The van der Waals surface area contributed by atoms with Crippen LogP contribution < -0.4 is 10.9 Å². The zero-order chi connectivity index (χ0) is 24.0. The van der Waals surface area contributed by atoms with Crippen molar-refractivity contribution < 1.29 is 9.18 Å². The molecule has 5 rings (SSSR count). The number of anilines is 1. The SMILES string of the molecule is CC1(C)CC(=O)C2=C(C1)Nc1nc(SCc3ccccc3F)[nH]c(=O)c1[C@H]2c1cccc(Br)c1. The Kier molecular flexibility index (Phi) is 5.98. The zero-order valence-electron chi connectivity index (χ0n) is 18.7. The molecule has 3 aromatic rings. The minimum absolute atomic E-state index is 0.0479. The number of Topliss-reactive ketones (excluding diaryl/α,β-unsaturated/α-hetero) is 1. The van der Waals surface area contributed by atoms with Crippen molar-refractivity contribution in [1.29, 1.82) is 0 Å². The summed E-state index contributed by atoms with van der Waals surface area (Å²) in [7, 11) is 0. The van der Waals surface area contributed by atoms with Crippen LogP contribution in [-0.2, 0) is 10.5 Å². The molecular weight excluding hydrogens is 517 g/mol. The molecule has 1 aliphatic heterocycles. The van der Waals surface area contributed by atoms with Crippen molar-refractivity contribution in [3.05, 3.63) is 97.1 Å². The van der Waals surface area contributed by atoms with Gasteiger partial charge in [-0.05, 0) is 41.2 Å². The van der Waals surface area contributed by atoms with E-state index in [0.29, 0.717) is 46.3 Å². The number of halogens is 2. The standard InChI is InChI=1S/C26H23BrFN3O2S/c1-26(2)11-18-21(19(32)12-26)20(14-7-5-8-16(27)10-14)22-23(29-18)30-25(31-24(22)33)34-13-15-6-3-4-9-17(15)28/h3-10,20H,11-13H2,1-2H3,(H2,29,30,31,33)/t20-/m0/s1. The lowest BCUT2D eigenvalue weighted by Crippen LogP contribution is -2.37. The van der Waals surface area contributed by atoms with E-state index in [-0.39, 0.29) is 22.6 Å². The summed E-state index contributed by atoms with van der Waals surface area (Å²) in [6.45, 7) is 4.14. The number of aromatic nitrogens is 2. The average molecular weight is 540 g/mol. The molecule has 0 bridgehead atoms. The number of rotatable bonds is 4. The van der Waals surface area contributed by atoms with Crippen molar-refractivity contribution in [2.75, 3.05) is 5.32 Å². The Morgan fingerprint density at radius 3 is 2.71 bits per heavy atom. The molecule has 0 spiro atoms. The highest BCUT2D eigenvalue weighted by molar-refractivity contribution is 9.10. The predicted molar refractivity (Wildman–Crippen MR) is 135 cm³/mol. The molecule has 1 aromatic heterocycles. The monoisotopic (exact) mass is 539 g/mol. The van der Waals surface area contributed by atoms with Crippen LogP contribution in [0.4, 0.5) is 10.2 Å². The third kappa shape index (κ3) is 4.36. The first-order valence-corrected chi connectivity index (χ1v) is 12.8. The minimum Gasteiger partial charge on any atom is -0.343 e. The molecule has 0 amide bonds. The van der Waals surface area contributed by atoms with E-state index in [2.05, 4.69) is 40.1 Å². The number of ketones is 1. The molecule has 2 heterocycles. The Bertz CT molecular complexity index is 1400. The van der Waals surface area contributed by atoms with Crippen LogP contribution in [0, 0.1) is 11.2 Å². The minimum atomic E-state index is -0.505. The van der Waals surface area contributed by atoms with Crippen LogP contribution in [0.15, 0.2) is 74.2 Å². The fourth-order valence-corrected chi connectivity index (χ4v) is 6.01. The Morgan fingerprint density at radius 2 is 1.94 bits per heavy atom. The second-order valence-electron chi connectivity index (χ2n) is 9.46. The van der Waals surface area contributed by atoms with Gasteiger partial charge in [-0.2, -0.15) is 0 Å². The highest BCUT2D eigenvalue weighted by Crippen LogP contribution is 2.48. The molecule has 0 fully saturated rings. The molecule has 0 saturated heterocycles. The number of carbonyl (C=O) groups is 1. The molecule has 1 aliphatic carbocycles. The summed E-state index contributed by atoms with van der Waals surface area (Å²) in [6, 6.07) is 14.2. The summed E-state index contributed by atoms with van der Waals surface area (Å²) >= 11 is 4.78. The lowest BCUT2D eigenvalue weighted by Gasteiger charge is -2.38. The van der Waals surface area contributed by atoms with Crippen molar-refractivity contribution in [2.24, 2.45) is 5.41 Å². The van der Waals surface area contributed by atoms with Gasteiger partial charge in [-0.3, -0.25) is 9.59 Å². The molecular formula is C26H23BrFN3O2S. The van der Waals surface area contributed by atoms with Crippen molar-refractivity contribution in [1.82, 2.24) is 9.97 Å². The van der Waals surface area contributed by atoms with Crippen LogP contribution in [0.25, 0.3) is 0 Å². The van der Waals surface area contributed by atoms with E-state index in [9.17, 15) is 14.0 Å². The molecule has 2 aliphatic rings. The van der Waals surface area contributed by atoms with E-state index >= 15 is 0 Å². The van der Waals surface area contributed by atoms with Gasteiger partial charge in [0.15, 0.2) is 10.9 Å². The molecule has 2 aromatic carbocycles. The summed E-state index contributed by atoms with van der Waals surface area (Å²) in [5.74, 6) is 0.0408. The van der Waals surface area contributed by atoms with E-state index in [0.717, 1.165) is 15.7 Å². The van der Waals surface area contributed by atoms with E-state index in [1.807, 2.05) is 24.3 Å². The normalized spacial score (nSPS) is 18.8. The zero-order valence-corrected chi connectivity index (χ0v) is 21.1. The number of fused-ring (bicyclic) bond motifs is 1. The van der Waals surface area contributed by atoms with Crippen LogP contribution in [-0.4, -0.2) is 15.8 Å². The molecule has 0 saturated carbocycles. The number of nitrogens with one attached hydrogen (secondary N) is 2. The van der Waals surface area contributed by atoms with Crippen LogP contribution in [0.2, 0.25) is 0 Å². The molecule has 0 radical (unpaired) electrons. The predicted octanol–water partition coefficient (Wildman–Crippen LogP) is 6.16.